The van der Waals surface area contributed by atoms with Gasteiger partial charge in [0.15, 0.2) is 0 Å². The van der Waals surface area contributed by atoms with Crippen LogP contribution in [0, 0.1) is 5.92 Å². The van der Waals surface area contributed by atoms with Gasteiger partial charge >= 0.3 is 0 Å². The summed E-state index contributed by atoms with van der Waals surface area (Å²) in [5.41, 5.74) is 0. The van der Waals surface area contributed by atoms with Crippen molar-refractivity contribution in [2.24, 2.45) is 5.92 Å². The van der Waals surface area contributed by atoms with E-state index in [0.29, 0.717) is 17.7 Å². The van der Waals surface area contributed by atoms with Crippen LogP contribution >= 0.6 is 11.3 Å². The number of hydrogen-bond acceptors (Lipinski definition) is 6. The summed E-state index contributed by atoms with van der Waals surface area (Å²) in [5.74, 6) is 0.647. The van der Waals surface area contributed by atoms with E-state index in [9.17, 15) is 0 Å². The van der Waals surface area contributed by atoms with Gasteiger partial charge in [0.05, 0.1) is 13.2 Å². The van der Waals surface area contributed by atoms with Crippen LogP contribution in [-0.2, 0) is 11.3 Å². The molecule has 1 aliphatic rings. The second-order valence-corrected chi connectivity index (χ2v) is 5.61. The lowest BCUT2D eigenvalue weighted by molar-refractivity contribution is 0.140. The molecule has 1 aromatic heterocycles. The molecular formula is C11H19N3O2S. The molecular weight excluding hydrogens is 238 g/mol. The molecule has 1 aromatic rings. The second-order valence-electron chi connectivity index (χ2n) is 4.59. The first-order chi connectivity index (χ1) is 8.24. The van der Waals surface area contributed by atoms with Gasteiger partial charge in [-0.1, -0.05) is 30.3 Å². The minimum absolute atomic E-state index is 0.152. The summed E-state index contributed by atoms with van der Waals surface area (Å²) >= 11 is 1.51. The summed E-state index contributed by atoms with van der Waals surface area (Å²) in [6.45, 7) is 7.57. The second kappa shape index (κ2) is 6.28. The quantitative estimate of drug-likeness (QED) is 0.836. The van der Waals surface area contributed by atoms with Gasteiger partial charge in [-0.2, -0.15) is 0 Å². The third kappa shape index (κ3) is 4.22. The van der Waals surface area contributed by atoms with E-state index in [-0.39, 0.29) is 6.10 Å². The molecule has 0 saturated carbocycles. The molecule has 0 radical (unpaired) electrons. The molecule has 0 spiro atoms. The normalized spacial score (nSPS) is 20.1. The van der Waals surface area contributed by atoms with Gasteiger partial charge in [0, 0.05) is 13.0 Å². The summed E-state index contributed by atoms with van der Waals surface area (Å²) in [6, 6.07) is 0. The number of nitrogens with one attached hydrogen (secondary N) is 1. The van der Waals surface area contributed by atoms with Crippen molar-refractivity contribution in [2.75, 3.05) is 19.8 Å². The molecule has 0 bridgehead atoms. The summed E-state index contributed by atoms with van der Waals surface area (Å²) in [5, 5.41) is 13.1. The van der Waals surface area contributed by atoms with E-state index >= 15 is 0 Å². The molecule has 1 fully saturated rings. The van der Waals surface area contributed by atoms with Crippen molar-refractivity contribution in [3.05, 3.63) is 5.01 Å². The van der Waals surface area contributed by atoms with Crippen molar-refractivity contribution in [2.45, 2.75) is 32.9 Å². The fourth-order valence-electron chi connectivity index (χ4n) is 1.57. The van der Waals surface area contributed by atoms with Gasteiger partial charge in [-0.3, -0.25) is 0 Å². The van der Waals surface area contributed by atoms with Gasteiger partial charge in [-0.15, -0.1) is 5.10 Å². The van der Waals surface area contributed by atoms with Crippen LogP contribution in [0.4, 0.5) is 0 Å². The summed E-state index contributed by atoms with van der Waals surface area (Å²) < 4.78 is 10.9. The Kier molecular flexibility index (Phi) is 4.70. The highest BCUT2D eigenvalue weighted by molar-refractivity contribution is 7.13. The van der Waals surface area contributed by atoms with Crippen LogP contribution in [0.5, 0.6) is 5.19 Å². The highest BCUT2D eigenvalue weighted by Gasteiger charge is 2.19. The Labute approximate surface area is 106 Å². The molecule has 17 heavy (non-hydrogen) atoms. The lowest BCUT2D eigenvalue weighted by atomic mass is 10.2. The number of aromatic nitrogens is 2. The molecule has 1 saturated heterocycles. The van der Waals surface area contributed by atoms with Crippen LogP contribution < -0.4 is 10.1 Å². The fourth-order valence-corrected chi connectivity index (χ4v) is 2.30. The molecule has 6 heteroatoms. The Morgan fingerprint density at radius 3 is 3.12 bits per heavy atom. The highest BCUT2D eigenvalue weighted by Crippen LogP contribution is 2.21. The molecule has 0 aliphatic carbocycles. The maximum Gasteiger partial charge on any atom is 0.294 e. The smallest absolute Gasteiger partial charge is 0.294 e. The topological polar surface area (TPSA) is 56.3 Å². The van der Waals surface area contributed by atoms with E-state index in [1.54, 1.807) is 0 Å². The van der Waals surface area contributed by atoms with Crippen molar-refractivity contribution in [3.63, 3.8) is 0 Å². The molecule has 1 unspecified atom stereocenters. The average molecular weight is 257 g/mol. The Hall–Kier alpha value is -0.720. The van der Waals surface area contributed by atoms with Gasteiger partial charge in [0.25, 0.3) is 5.19 Å². The van der Waals surface area contributed by atoms with Crippen LogP contribution in [0.1, 0.15) is 25.3 Å². The third-order valence-electron chi connectivity index (χ3n) is 2.43. The first-order valence-electron chi connectivity index (χ1n) is 6.01. The van der Waals surface area contributed by atoms with E-state index in [0.717, 1.165) is 31.1 Å². The Bertz CT molecular complexity index is 337. The first kappa shape index (κ1) is 12.7. The Morgan fingerprint density at radius 2 is 2.41 bits per heavy atom. The van der Waals surface area contributed by atoms with E-state index in [2.05, 4.69) is 29.4 Å². The number of ether oxygens (including phenoxy) is 2. The standard InChI is InChI=1S/C11H19N3O2S/c1-8(2)5-12-6-10-13-14-11(17-10)16-9-3-4-15-7-9/h8-9,12H,3-7H2,1-2H3. The van der Waals surface area contributed by atoms with Gasteiger partial charge in [0.1, 0.15) is 11.1 Å². The van der Waals surface area contributed by atoms with Gasteiger partial charge in [-0.25, -0.2) is 0 Å². The van der Waals surface area contributed by atoms with Crippen molar-refractivity contribution in [3.8, 4) is 5.19 Å². The molecule has 1 aliphatic heterocycles. The van der Waals surface area contributed by atoms with Gasteiger partial charge in [-0.05, 0) is 12.5 Å². The summed E-state index contributed by atoms with van der Waals surface area (Å²) in [7, 11) is 0. The van der Waals surface area contributed by atoms with Crippen LogP contribution in [-0.4, -0.2) is 36.1 Å². The van der Waals surface area contributed by atoms with Crippen LogP contribution in [0.15, 0.2) is 0 Å². The third-order valence-corrected chi connectivity index (χ3v) is 3.25. The molecule has 0 amide bonds. The minimum atomic E-state index is 0.152. The zero-order chi connectivity index (χ0) is 12.1. The molecule has 0 aromatic carbocycles. The molecule has 96 valence electrons. The number of hydrogen-bond donors (Lipinski definition) is 1. The minimum Gasteiger partial charge on any atom is -0.463 e. The largest absolute Gasteiger partial charge is 0.463 e. The average Bonchev–Trinajstić information content (AvgIpc) is 2.90. The van der Waals surface area contributed by atoms with E-state index in [1.165, 1.54) is 11.3 Å². The summed E-state index contributed by atoms with van der Waals surface area (Å²) in [6.07, 6.45) is 1.10. The zero-order valence-electron chi connectivity index (χ0n) is 10.3. The lowest BCUT2D eigenvalue weighted by Crippen LogP contribution is -2.18. The molecule has 1 atom stereocenters. The van der Waals surface area contributed by atoms with Crippen molar-refractivity contribution in [1.82, 2.24) is 15.5 Å². The SMILES string of the molecule is CC(C)CNCc1nnc(OC2CCOC2)s1. The fraction of sp³-hybridized carbons (Fsp3) is 0.818. The predicted molar refractivity (Wildman–Crippen MR) is 66.3 cm³/mol. The number of rotatable bonds is 6. The van der Waals surface area contributed by atoms with Crippen LogP contribution in [0.25, 0.3) is 0 Å². The highest BCUT2D eigenvalue weighted by atomic mass is 32.1. The zero-order valence-corrected chi connectivity index (χ0v) is 11.1. The first-order valence-corrected chi connectivity index (χ1v) is 6.83. The van der Waals surface area contributed by atoms with Gasteiger partial charge in [0.2, 0.25) is 0 Å². The molecule has 1 N–H and O–H groups in total. The maximum absolute atomic E-state index is 5.68. The Balaban J connectivity index is 1.75. The van der Waals surface area contributed by atoms with Gasteiger partial charge < -0.3 is 14.8 Å². The lowest BCUT2D eigenvalue weighted by Gasteiger charge is -2.06. The summed E-state index contributed by atoms with van der Waals surface area (Å²) in [4.78, 5) is 0. The Morgan fingerprint density at radius 1 is 1.53 bits per heavy atom. The number of nitrogens with zero attached hydrogens (tertiary/aromatic N) is 2. The molecule has 2 heterocycles. The van der Waals surface area contributed by atoms with Crippen molar-refractivity contribution >= 4 is 11.3 Å². The van der Waals surface area contributed by atoms with E-state index < -0.39 is 0 Å². The predicted octanol–water partition coefficient (Wildman–Crippen LogP) is 1.45. The van der Waals surface area contributed by atoms with E-state index in [1.807, 2.05) is 0 Å². The van der Waals surface area contributed by atoms with E-state index in [4.69, 9.17) is 9.47 Å². The molecule has 5 nitrogen and oxygen atoms in total. The van der Waals surface area contributed by atoms with Crippen molar-refractivity contribution in [1.29, 1.82) is 0 Å². The monoisotopic (exact) mass is 257 g/mol. The van der Waals surface area contributed by atoms with Crippen molar-refractivity contribution < 1.29 is 9.47 Å². The molecule has 2 rings (SSSR count). The van der Waals surface area contributed by atoms with Crippen LogP contribution in [0.2, 0.25) is 0 Å². The maximum atomic E-state index is 5.68. The van der Waals surface area contributed by atoms with Crippen LogP contribution in [0.3, 0.4) is 0 Å².